The average Bonchev–Trinajstić information content (AvgIpc) is 2.55. The van der Waals surface area contributed by atoms with Crippen LogP contribution in [0.5, 0.6) is 0 Å². The van der Waals surface area contributed by atoms with Crippen molar-refractivity contribution in [3.8, 4) is 0 Å². The van der Waals surface area contributed by atoms with Crippen LogP contribution in [0.25, 0.3) is 0 Å². The van der Waals surface area contributed by atoms with Crippen molar-refractivity contribution < 1.29 is 14.7 Å². The van der Waals surface area contributed by atoms with Crippen molar-refractivity contribution in [2.24, 2.45) is 5.92 Å². The number of benzene rings is 1. The molecule has 27 heavy (non-hydrogen) atoms. The highest BCUT2D eigenvalue weighted by Gasteiger charge is 2.31. The molecule has 0 spiro atoms. The molecule has 1 aliphatic heterocycles. The molecule has 1 aromatic rings. The Bertz CT molecular complexity index is 671. The lowest BCUT2D eigenvalue weighted by Crippen LogP contribution is -2.51. The summed E-state index contributed by atoms with van der Waals surface area (Å²) in [5, 5.41) is 13.6. The van der Waals surface area contributed by atoms with Crippen LogP contribution in [-0.2, 0) is 4.79 Å². The number of hydrogen-bond acceptors (Lipinski definition) is 3. The lowest BCUT2D eigenvalue weighted by Gasteiger charge is -2.39. The van der Waals surface area contributed by atoms with Gasteiger partial charge in [0.1, 0.15) is 0 Å². The number of amides is 2. The number of carbonyl (C=O) groups is 2. The van der Waals surface area contributed by atoms with Crippen molar-refractivity contribution in [3.63, 3.8) is 0 Å². The Morgan fingerprint density at radius 1 is 1.26 bits per heavy atom. The summed E-state index contributed by atoms with van der Waals surface area (Å²) in [4.78, 5) is 27.4. The highest BCUT2D eigenvalue weighted by molar-refractivity contribution is 6.35. The Morgan fingerprint density at radius 2 is 1.89 bits per heavy atom. The number of hydrogen-bond donors (Lipinski definition) is 2. The van der Waals surface area contributed by atoms with Gasteiger partial charge in [0, 0.05) is 40.9 Å². The third kappa shape index (κ3) is 6.47. The van der Waals surface area contributed by atoms with E-state index >= 15 is 0 Å². The highest BCUT2D eigenvalue weighted by Crippen LogP contribution is 2.24. The monoisotopic (exact) mass is 415 g/mol. The molecule has 0 bridgehead atoms. The maximum Gasteiger partial charge on any atom is 0.407 e. The second kappa shape index (κ2) is 9.02. The van der Waals surface area contributed by atoms with E-state index in [1.807, 2.05) is 20.8 Å². The summed E-state index contributed by atoms with van der Waals surface area (Å²) < 4.78 is 0. The molecule has 2 amide bonds. The fourth-order valence-corrected chi connectivity index (χ4v) is 3.81. The Kier molecular flexibility index (Phi) is 7.23. The minimum Gasteiger partial charge on any atom is -0.465 e. The van der Waals surface area contributed by atoms with Crippen molar-refractivity contribution in [1.82, 2.24) is 9.80 Å². The van der Waals surface area contributed by atoms with E-state index in [2.05, 4.69) is 5.32 Å². The van der Waals surface area contributed by atoms with Gasteiger partial charge < -0.3 is 20.2 Å². The average molecular weight is 416 g/mol. The smallest absolute Gasteiger partial charge is 0.407 e. The number of carbonyl (C=O) groups excluding carboxylic acids is 1. The fourth-order valence-electron chi connectivity index (χ4n) is 3.28. The van der Waals surface area contributed by atoms with Gasteiger partial charge in [0.25, 0.3) is 0 Å². The van der Waals surface area contributed by atoms with Gasteiger partial charge in [0.05, 0.1) is 6.54 Å². The van der Waals surface area contributed by atoms with Crippen LogP contribution in [0.15, 0.2) is 18.2 Å². The lowest BCUT2D eigenvalue weighted by atomic mass is 9.95. The van der Waals surface area contributed by atoms with Gasteiger partial charge in [0.2, 0.25) is 5.91 Å². The molecule has 150 valence electrons. The van der Waals surface area contributed by atoms with E-state index in [0.717, 1.165) is 12.8 Å². The first-order chi connectivity index (χ1) is 12.6. The maximum absolute atomic E-state index is 12.6. The molecule has 0 aliphatic carbocycles. The van der Waals surface area contributed by atoms with Gasteiger partial charge in [-0.05, 0) is 57.7 Å². The molecule has 1 fully saturated rings. The summed E-state index contributed by atoms with van der Waals surface area (Å²) in [6.07, 6.45) is 0.864. The van der Waals surface area contributed by atoms with E-state index in [1.165, 1.54) is 4.90 Å². The summed E-state index contributed by atoms with van der Waals surface area (Å²) in [5.41, 5.74) is 0.227. The molecule has 1 saturated heterocycles. The van der Waals surface area contributed by atoms with E-state index in [1.54, 1.807) is 23.1 Å². The Balaban J connectivity index is 1.92. The zero-order valence-corrected chi connectivity index (χ0v) is 17.5. The number of likely N-dealkylation sites (tertiary alicyclic amines) is 1. The summed E-state index contributed by atoms with van der Waals surface area (Å²) >= 11 is 11.9. The summed E-state index contributed by atoms with van der Waals surface area (Å²) in [5.74, 6) is 0.118. The predicted molar refractivity (Wildman–Crippen MR) is 109 cm³/mol. The number of carboxylic acid groups (broad SMARTS) is 1. The van der Waals surface area contributed by atoms with Crippen LogP contribution < -0.4 is 5.32 Å². The minimum atomic E-state index is -0.926. The zero-order chi connectivity index (χ0) is 20.2. The molecule has 0 saturated carbocycles. The molecular formula is C19H27Cl2N3O3. The predicted octanol–water partition coefficient (Wildman–Crippen LogP) is 4.42. The lowest BCUT2D eigenvalue weighted by molar-refractivity contribution is -0.131. The van der Waals surface area contributed by atoms with Crippen LogP contribution >= 0.6 is 23.2 Å². The van der Waals surface area contributed by atoms with Gasteiger partial charge in [0.15, 0.2) is 0 Å². The third-order valence-corrected chi connectivity index (χ3v) is 5.10. The summed E-state index contributed by atoms with van der Waals surface area (Å²) in [7, 11) is 0. The van der Waals surface area contributed by atoms with Crippen LogP contribution in [0, 0.1) is 5.92 Å². The molecule has 1 aromatic carbocycles. The van der Waals surface area contributed by atoms with Crippen LogP contribution in [0.1, 0.15) is 33.6 Å². The fraction of sp³-hybridized carbons (Fsp3) is 0.579. The van der Waals surface area contributed by atoms with E-state index in [4.69, 9.17) is 23.2 Å². The molecule has 0 aromatic heterocycles. The Hall–Kier alpha value is -1.66. The van der Waals surface area contributed by atoms with E-state index in [9.17, 15) is 14.7 Å². The molecule has 6 nitrogen and oxygen atoms in total. The SMILES string of the molecule is CC(C)(C)N(C[C@H]1CCCN(C(=O)CNc2cc(Cl)cc(Cl)c2)C1)C(=O)O. The van der Waals surface area contributed by atoms with Gasteiger partial charge in [-0.15, -0.1) is 0 Å². The molecule has 8 heteroatoms. The molecule has 1 heterocycles. The van der Waals surface area contributed by atoms with Gasteiger partial charge in [-0.25, -0.2) is 4.79 Å². The van der Waals surface area contributed by atoms with Crippen molar-refractivity contribution in [1.29, 1.82) is 0 Å². The number of piperidine rings is 1. The Morgan fingerprint density at radius 3 is 2.44 bits per heavy atom. The van der Waals surface area contributed by atoms with Crippen molar-refractivity contribution in [2.75, 3.05) is 31.5 Å². The van der Waals surface area contributed by atoms with E-state index < -0.39 is 11.6 Å². The number of rotatable bonds is 5. The molecule has 0 radical (unpaired) electrons. The largest absolute Gasteiger partial charge is 0.465 e. The van der Waals surface area contributed by atoms with Crippen LogP contribution in [0.3, 0.4) is 0 Å². The van der Waals surface area contributed by atoms with Crippen molar-refractivity contribution in [3.05, 3.63) is 28.2 Å². The molecule has 0 unspecified atom stereocenters. The topological polar surface area (TPSA) is 72.9 Å². The number of nitrogens with zero attached hydrogens (tertiary/aromatic N) is 2. The summed E-state index contributed by atoms with van der Waals surface area (Å²) in [6.45, 7) is 7.48. The molecule has 1 aliphatic rings. The number of nitrogens with one attached hydrogen (secondary N) is 1. The van der Waals surface area contributed by atoms with Crippen LogP contribution in [-0.4, -0.2) is 58.6 Å². The van der Waals surface area contributed by atoms with Gasteiger partial charge in [-0.2, -0.15) is 0 Å². The number of anilines is 1. The molecule has 1 atom stereocenters. The Labute approximate surface area is 170 Å². The first-order valence-electron chi connectivity index (χ1n) is 9.04. The number of halogens is 2. The standard InChI is InChI=1S/C19H27Cl2N3O3/c1-19(2,3)24(18(26)27)12-13-5-4-6-23(11-13)17(25)10-22-16-8-14(20)7-15(21)9-16/h7-9,13,22H,4-6,10-12H2,1-3H3,(H,26,27)/t13-/m0/s1. The van der Waals surface area contributed by atoms with E-state index in [-0.39, 0.29) is 18.4 Å². The normalized spacial score (nSPS) is 17.5. The maximum atomic E-state index is 12.6. The van der Waals surface area contributed by atoms with Gasteiger partial charge in [-0.3, -0.25) is 4.79 Å². The molecular weight excluding hydrogens is 389 g/mol. The van der Waals surface area contributed by atoms with Crippen molar-refractivity contribution in [2.45, 2.75) is 39.2 Å². The van der Waals surface area contributed by atoms with Crippen LogP contribution in [0.2, 0.25) is 10.0 Å². The molecule has 2 N–H and O–H groups in total. The van der Waals surface area contributed by atoms with Gasteiger partial charge in [-0.1, -0.05) is 23.2 Å². The second-order valence-electron chi connectivity index (χ2n) is 7.92. The third-order valence-electron chi connectivity index (χ3n) is 4.66. The van der Waals surface area contributed by atoms with Crippen molar-refractivity contribution >= 4 is 40.9 Å². The molecule has 2 rings (SSSR count). The zero-order valence-electron chi connectivity index (χ0n) is 16.0. The summed E-state index contributed by atoms with van der Waals surface area (Å²) in [6, 6.07) is 5.07. The highest BCUT2D eigenvalue weighted by atomic mass is 35.5. The van der Waals surface area contributed by atoms with E-state index in [0.29, 0.717) is 35.4 Å². The first-order valence-corrected chi connectivity index (χ1v) is 9.80. The first kappa shape index (κ1) is 21.6. The minimum absolute atomic E-state index is 0.0200. The van der Waals surface area contributed by atoms with Crippen LogP contribution in [0.4, 0.5) is 10.5 Å². The quantitative estimate of drug-likeness (QED) is 0.745. The second-order valence-corrected chi connectivity index (χ2v) is 8.80. The van der Waals surface area contributed by atoms with Gasteiger partial charge >= 0.3 is 6.09 Å².